The van der Waals surface area contributed by atoms with Crippen LogP contribution in [-0.4, -0.2) is 46.0 Å². The molecule has 1 aromatic carbocycles. The van der Waals surface area contributed by atoms with Crippen LogP contribution in [0.3, 0.4) is 0 Å². The van der Waals surface area contributed by atoms with Crippen LogP contribution in [0.25, 0.3) is 22.6 Å². The number of aromatic nitrogens is 3. The third kappa shape index (κ3) is 3.23. The molecule has 0 unspecified atom stereocenters. The summed E-state index contributed by atoms with van der Waals surface area (Å²) >= 11 is 5.97. The van der Waals surface area contributed by atoms with E-state index in [-0.39, 0.29) is 0 Å². The summed E-state index contributed by atoms with van der Waals surface area (Å²) in [7, 11) is 2.18. The highest BCUT2D eigenvalue weighted by atomic mass is 35.5. The maximum Gasteiger partial charge on any atom is 0.178 e. The molecule has 0 amide bonds. The molecule has 0 atom stereocenters. The molecule has 1 aliphatic heterocycles. The van der Waals surface area contributed by atoms with Gasteiger partial charge in [0.15, 0.2) is 5.65 Å². The van der Waals surface area contributed by atoms with Crippen LogP contribution in [0.4, 0.5) is 5.69 Å². The Hall–Kier alpha value is -2.11. The Morgan fingerprint density at radius 2 is 1.96 bits per heavy atom. The minimum absolute atomic E-state index is 0.560. The third-order valence-electron chi connectivity index (χ3n) is 4.55. The number of likely N-dealkylation sites (tertiary alicyclic amines) is 1. The van der Waals surface area contributed by atoms with E-state index in [1.54, 1.807) is 6.20 Å². The SMILES string of the molecule is CN1CCC(Nc2ccc(-c3nc4ncc(Cl)cc4[nH]3)cc2)CC1. The lowest BCUT2D eigenvalue weighted by Crippen LogP contribution is -2.36. The van der Waals surface area contributed by atoms with Crippen molar-refractivity contribution in [3.63, 3.8) is 0 Å². The number of nitrogens with one attached hydrogen (secondary N) is 2. The maximum absolute atomic E-state index is 5.97. The Balaban J connectivity index is 1.50. The number of imidazole rings is 1. The molecule has 4 rings (SSSR count). The van der Waals surface area contributed by atoms with Crippen molar-refractivity contribution in [2.75, 3.05) is 25.5 Å². The van der Waals surface area contributed by atoms with Crippen molar-refractivity contribution in [2.45, 2.75) is 18.9 Å². The number of halogens is 1. The minimum atomic E-state index is 0.560. The zero-order valence-electron chi connectivity index (χ0n) is 13.6. The highest BCUT2D eigenvalue weighted by molar-refractivity contribution is 6.31. The Kier molecular flexibility index (Phi) is 4.12. The maximum atomic E-state index is 5.97. The zero-order chi connectivity index (χ0) is 16.5. The van der Waals surface area contributed by atoms with Gasteiger partial charge in [-0.05, 0) is 63.3 Å². The molecule has 3 heterocycles. The van der Waals surface area contributed by atoms with Crippen LogP contribution >= 0.6 is 11.6 Å². The van der Waals surface area contributed by atoms with Crippen LogP contribution < -0.4 is 5.32 Å². The molecule has 0 bridgehead atoms. The smallest absolute Gasteiger partial charge is 0.178 e. The zero-order valence-corrected chi connectivity index (χ0v) is 14.3. The number of rotatable bonds is 3. The quantitative estimate of drug-likeness (QED) is 0.761. The average molecular weight is 342 g/mol. The summed E-state index contributed by atoms with van der Waals surface area (Å²) in [6.07, 6.45) is 3.99. The van der Waals surface area contributed by atoms with E-state index in [4.69, 9.17) is 11.6 Å². The molecule has 6 heteroatoms. The van der Waals surface area contributed by atoms with E-state index in [2.05, 4.69) is 56.5 Å². The Bertz CT molecular complexity index is 834. The lowest BCUT2D eigenvalue weighted by molar-refractivity contribution is 0.264. The second kappa shape index (κ2) is 6.42. The average Bonchev–Trinajstić information content (AvgIpc) is 3.01. The Morgan fingerprint density at radius 3 is 2.71 bits per heavy atom. The molecule has 2 aromatic heterocycles. The second-order valence-corrected chi connectivity index (χ2v) is 6.85. The fraction of sp³-hybridized carbons (Fsp3) is 0.333. The highest BCUT2D eigenvalue weighted by Crippen LogP contribution is 2.23. The van der Waals surface area contributed by atoms with E-state index in [0.717, 1.165) is 35.7 Å². The van der Waals surface area contributed by atoms with Gasteiger partial charge in [-0.15, -0.1) is 0 Å². The van der Waals surface area contributed by atoms with E-state index >= 15 is 0 Å². The van der Waals surface area contributed by atoms with E-state index in [0.29, 0.717) is 16.7 Å². The van der Waals surface area contributed by atoms with Crippen molar-refractivity contribution >= 4 is 28.5 Å². The number of anilines is 1. The van der Waals surface area contributed by atoms with Crippen molar-refractivity contribution in [3.8, 4) is 11.4 Å². The first-order chi connectivity index (χ1) is 11.7. The molecular weight excluding hydrogens is 322 g/mol. The number of pyridine rings is 1. The molecule has 124 valence electrons. The molecule has 2 N–H and O–H groups in total. The molecule has 0 aliphatic carbocycles. The lowest BCUT2D eigenvalue weighted by Gasteiger charge is -2.30. The summed E-state index contributed by atoms with van der Waals surface area (Å²) in [6.45, 7) is 2.31. The van der Waals surface area contributed by atoms with Gasteiger partial charge in [0.25, 0.3) is 0 Å². The number of aromatic amines is 1. The first-order valence-corrected chi connectivity index (χ1v) is 8.62. The van der Waals surface area contributed by atoms with Gasteiger partial charge < -0.3 is 15.2 Å². The molecule has 5 nitrogen and oxygen atoms in total. The first-order valence-electron chi connectivity index (χ1n) is 8.24. The Labute approximate surface area is 146 Å². The third-order valence-corrected chi connectivity index (χ3v) is 4.76. The molecule has 0 radical (unpaired) electrons. The topological polar surface area (TPSA) is 56.8 Å². The summed E-state index contributed by atoms with van der Waals surface area (Å²) in [5.74, 6) is 0.811. The molecule has 24 heavy (non-hydrogen) atoms. The summed E-state index contributed by atoms with van der Waals surface area (Å²) in [6, 6.07) is 10.8. The van der Waals surface area contributed by atoms with Gasteiger partial charge in [-0.3, -0.25) is 0 Å². The monoisotopic (exact) mass is 341 g/mol. The van der Waals surface area contributed by atoms with Gasteiger partial charge >= 0.3 is 0 Å². The number of H-pyrrole nitrogens is 1. The van der Waals surface area contributed by atoms with Crippen molar-refractivity contribution in [1.29, 1.82) is 0 Å². The van der Waals surface area contributed by atoms with E-state index < -0.39 is 0 Å². The molecule has 1 saturated heterocycles. The van der Waals surface area contributed by atoms with Crippen LogP contribution in [0.5, 0.6) is 0 Å². The number of benzene rings is 1. The predicted molar refractivity (Wildman–Crippen MR) is 98.5 cm³/mol. The minimum Gasteiger partial charge on any atom is -0.382 e. The van der Waals surface area contributed by atoms with Crippen LogP contribution in [-0.2, 0) is 0 Å². The number of nitrogens with zero attached hydrogens (tertiary/aromatic N) is 3. The fourth-order valence-electron chi connectivity index (χ4n) is 3.12. The van der Waals surface area contributed by atoms with Crippen LogP contribution in [0.15, 0.2) is 36.5 Å². The van der Waals surface area contributed by atoms with Crippen molar-refractivity contribution in [3.05, 3.63) is 41.6 Å². The van der Waals surface area contributed by atoms with Gasteiger partial charge in [0, 0.05) is 23.5 Å². The molecule has 1 aliphatic rings. The molecule has 0 saturated carbocycles. The summed E-state index contributed by atoms with van der Waals surface area (Å²) in [5.41, 5.74) is 3.73. The summed E-state index contributed by atoms with van der Waals surface area (Å²) < 4.78 is 0. The van der Waals surface area contributed by atoms with E-state index in [1.165, 1.54) is 12.8 Å². The van der Waals surface area contributed by atoms with Crippen molar-refractivity contribution < 1.29 is 0 Å². The van der Waals surface area contributed by atoms with Crippen molar-refractivity contribution in [2.24, 2.45) is 0 Å². The van der Waals surface area contributed by atoms with E-state index in [9.17, 15) is 0 Å². The van der Waals surface area contributed by atoms with Gasteiger partial charge in [-0.25, -0.2) is 9.97 Å². The highest BCUT2D eigenvalue weighted by Gasteiger charge is 2.16. The number of hydrogen-bond acceptors (Lipinski definition) is 4. The second-order valence-electron chi connectivity index (χ2n) is 6.41. The number of fused-ring (bicyclic) bond motifs is 1. The predicted octanol–water partition coefficient (Wildman–Crippen LogP) is 3.78. The van der Waals surface area contributed by atoms with Crippen LogP contribution in [0.1, 0.15) is 12.8 Å². The number of piperidine rings is 1. The van der Waals surface area contributed by atoms with Gasteiger partial charge in [-0.1, -0.05) is 11.6 Å². The molecule has 1 fully saturated rings. The van der Waals surface area contributed by atoms with Crippen molar-refractivity contribution in [1.82, 2.24) is 19.9 Å². The normalized spacial score (nSPS) is 16.6. The Morgan fingerprint density at radius 1 is 1.21 bits per heavy atom. The van der Waals surface area contributed by atoms with Gasteiger partial charge in [0.2, 0.25) is 0 Å². The first kappa shape index (κ1) is 15.4. The summed E-state index contributed by atoms with van der Waals surface area (Å²) in [4.78, 5) is 14.4. The van der Waals surface area contributed by atoms with E-state index in [1.807, 2.05) is 6.07 Å². The fourth-order valence-corrected chi connectivity index (χ4v) is 3.28. The van der Waals surface area contributed by atoms with Gasteiger partial charge in [0.05, 0.1) is 10.5 Å². The molecule has 0 spiro atoms. The van der Waals surface area contributed by atoms with Crippen LogP contribution in [0.2, 0.25) is 5.02 Å². The van der Waals surface area contributed by atoms with Crippen LogP contribution in [0, 0.1) is 0 Å². The number of hydrogen-bond donors (Lipinski definition) is 2. The largest absolute Gasteiger partial charge is 0.382 e. The van der Waals surface area contributed by atoms with Gasteiger partial charge in [-0.2, -0.15) is 0 Å². The lowest BCUT2D eigenvalue weighted by atomic mass is 10.0. The summed E-state index contributed by atoms with van der Waals surface area (Å²) in [5, 5.41) is 4.23. The van der Waals surface area contributed by atoms with Gasteiger partial charge in [0.1, 0.15) is 5.82 Å². The molecular formula is C18H20ClN5. The molecule has 3 aromatic rings. The standard InChI is InChI=1S/C18H20ClN5/c1-24-8-6-15(7-9-24)21-14-4-2-12(3-5-14)17-22-16-10-13(19)11-20-18(16)23-17/h2-5,10-11,15,21H,6-9H2,1H3,(H,20,22,23).